The molecule has 1 fully saturated rings. The van der Waals surface area contributed by atoms with Crippen molar-refractivity contribution in [1.82, 2.24) is 20.3 Å². The Morgan fingerprint density at radius 1 is 0.974 bits per heavy atom. The fourth-order valence-corrected chi connectivity index (χ4v) is 5.34. The molecule has 0 radical (unpaired) electrons. The minimum atomic E-state index is -0.973. The van der Waals surface area contributed by atoms with Crippen LogP contribution in [0.1, 0.15) is 67.1 Å². The van der Waals surface area contributed by atoms with Crippen LogP contribution in [0.5, 0.6) is 0 Å². The van der Waals surface area contributed by atoms with E-state index in [9.17, 15) is 14.4 Å². The Balaban J connectivity index is 1.62. The second-order valence-corrected chi connectivity index (χ2v) is 10.1. The average Bonchev–Trinajstić information content (AvgIpc) is 3.62. The summed E-state index contributed by atoms with van der Waals surface area (Å²) >= 11 is 0. The van der Waals surface area contributed by atoms with Crippen molar-refractivity contribution < 1.29 is 14.4 Å². The van der Waals surface area contributed by atoms with Gasteiger partial charge >= 0.3 is 0 Å². The van der Waals surface area contributed by atoms with Gasteiger partial charge in [-0.1, -0.05) is 73.5 Å². The zero-order chi connectivity index (χ0) is 27.4. The number of fused-ring (bicyclic) bond motifs is 1. The van der Waals surface area contributed by atoms with Crippen LogP contribution in [-0.4, -0.2) is 38.6 Å². The van der Waals surface area contributed by atoms with Gasteiger partial charge in [0.1, 0.15) is 18.1 Å². The third-order valence-corrected chi connectivity index (χ3v) is 7.43. The highest BCUT2D eigenvalue weighted by atomic mass is 16.2. The number of nitrogens with one attached hydrogen (secondary N) is 1. The molecular weight excluding hydrogens is 490 g/mol. The maximum Gasteiger partial charge on any atom is 0.249 e. The zero-order valence-electron chi connectivity index (χ0n) is 22.3. The number of Topliss-reactive ketones (excluding diaryl/α,β-unsaturated/α-hetero) is 1. The number of ketones is 1. The third kappa shape index (κ3) is 5.60. The zero-order valence-corrected chi connectivity index (χ0v) is 22.3. The molecule has 2 amide bonds. The number of anilines is 1. The molecule has 1 aliphatic carbocycles. The van der Waals surface area contributed by atoms with Crippen LogP contribution in [0.25, 0.3) is 11.0 Å². The van der Waals surface area contributed by atoms with E-state index in [1.807, 2.05) is 48.5 Å². The van der Waals surface area contributed by atoms with Gasteiger partial charge in [-0.2, -0.15) is 0 Å². The lowest BCUT2D eigenvalue weighted by Crippen LogP contribution is -2.47. The standard InChI is InChI=1S/C31H33N5O3/c1-3-22-16-18-23(19-17-22)30(31(39)32-24-10-4-5-11-24)36(27-14-8-6-12-25(27)21(2)37)29(38)20-35-28-15-9-7-13-26(28)33-34-35/h6-9,12-19,24,30H,3-5,10-11,20H2,1-2H3,(H,32,39). The van der Waals surface area contributed by atoms with Crippen molar-refractivity contribution in [3.8, 4) is 0 Å². The van der Waals surface area contributed by atoms with Crippen molar-refractivity contribution in [2.75, 3.05) is 4.90 Å². The molecule has 4 aromatic rings. The molecule has 1 aliphatic rings. The number of benzene rings is 3. The van der Waals surface area contributed by atoms with Gasteiger partial charge in [0.05, 0.1) is 11.2 Å². The summed E-state index contributed by atoms with van der Waals surface area (Å²) in [6.07, 6.45) is 4.81. The first kappa shape index (κ1) is 26.3. The SMILES string of the molecule is CCc1ccc(C(C(=O)NC2CCCC2)N(C(=O)Cn2nnc3ccccc32)c2ccccc2C(C)=O)cc1. The van der Waals surface area contributed by atoms with Gasteiger partial charge < -0.3 is 5.32 Å². The fourth-order valence-electron chi connectivity index (χ4n) is 5.34. The van der Waals surface area contributed by atoms with Gasteiger partial charge in [0.25, 0.3) is 0 Å². The number of nitrogens with zero attached hydrogens (tertiary/aromatic N) is 4. The number of hydrogen-bond donors (Lipinski definition) is 1. The van der Waals surface area contributed by atoms with E-state index >= 15 is 0 Å². The highest BCUT2D eigenvalue weighted by Gasteiger charge is 2.36. The summed E-state index contributed by atoms with van der Waals surface area (Å²) < 4.78 is 1.53. The van der Waals surface area contributed by atoms with E-state index < -0.39 is 6.04 Å². The van der Waals surface area contributed by atoms with E-state index in [0.717, 1.165) is 37.7 Å². The number of rotatable bonds is 9. The van der Waals surface area contributed by atoms with Crippen LogP contribution in [0.15, 0.2) is 72.8 Å². The summed E-state index contributed by atoms with van der Waals surface area (Å²) in [5, 5.41) is 11.6. The Bertz CT molecular complexity index is 1490. The molecule has 0 spiro atoms. The molecule has 0 bridgehead atoms. The van der Waals surface area contributed by atoms with Crippen molar-refractivity contribution in [1.29, 1.82) is 0 Å². The molecular formula is C31H33N5O3. The first-order chi connectivity index (χ1) is 19.0. The van der Waals surface area contributed by atoms with Gasteiger partial charge in [-0.3, -0.25) is 19.3 Å². The van der Waals surface area contributed by atoms with Crippen molar-refractivity contribution in [3.05, 3.63) is 89.5 Å². The number of amides is 2. The molecule has 8 heteroatoms. The molecule has 0 saturated heterocycles. The highest BCUT2D eigenvalue weighted by molar-refractivity contribution is 6.08. The Morgan fingerprint density at radius 2 is 1.67 bits per heavy atom. The highest BCUT2D eigenvalue weighted by Crippen LogP contribution is 2.33. The van der Waals surface area contributed by atoms with Gasteiger partial charge in [0.2, 0.25) is 11.8 Å². The van der Waals surface area contributed by atoms with Crippen LogP contribution in [0.2, 0.25) is 0 Å². The molecule has 39 heavy (non-hydrogen) atoms. The van der Waals surface area contributed by atoms with Crippen molar-refractivity contribution in [2.24, 2.45) is 0 Å². The number of carbonyl (C=O) groups excluding carboxylic acids is 3. The summed E-state index contributed by atoms with van der Waals surface area (Å²) in [7, 11) is 0. The molecule has 8 nitrogen and oxygen atoms in total. The minimum absolute atomic E-state index is 0.0641. The number of aryl methyl sites for hydroxylation is 1. The van der Waals surface area contributed by atoms with E-state index in [2.05, 4.69) is 22.6 Å². The van der Waals surface area contributed by atoms with Crippen LogP contribution in [0, 0.1) is 0 Å². The van der Waals surface area contributed by atoms with Crippen LogP contribution in [0.4, 0.5) is 5.69 Å². The largest absolute Gasteiger partial charge is 0.351 e. The Kier molecular flexibility index (Phi) is 7.81. The number of carbonyl (C=O) groups is 3. The number of aromatic nitrogens is 3. The van der Waals surface area contributed by atoms with Crippen LogP contribution >= 0.6 is 0 Å². The van der Waals surface area contributed by atoms with Crippen LogP contribution in [-0.2, 0) is 22.6 Å². The Labute approximate surface area is 228 Å². The quantitative estimate of drug-likeness (QED) is 0.311. The van der Waals surface area contributed by atoms with Gasteiger partial charge in [0.15, 0.2) is 5.78 Å². The molecule has 0 aliphatic heterocycles. The molecule has 200 valence electrons. The summed E-state index contributed by atoms with van der Waals surface area (Å²) in [5.74, 6) is -0.822. The molecule has 3 aromatic carbocycles. The van der Waals surface area contributed by atoms with Crippen LogP contribution < -0.4 is 10.2 Å². The van der Waals surface area contributed by atoms with Crippen molar-refractivity contribution in [2.45, 2.75) is 64.6 Å². The maximum absolute atomic E-state index is 14.3. The van der Waals surface area contributed by atoms with E-state index in [4.69, 9.17) is 0 Å². The predicted molar refractivity (Wildman–Crippen MR) is 150 cm³/mol. The third-order valence-electron chi connectivity index (χ3n) is 7.43. The predicted octanol–water partition coefficient (Wildman–Crippen LogP) is 5.03. The number of para-hydroxylation sites is 2. The summed E-state index contributed by atoms with van der Waals surface area (Å²) in [4.78, 5) is 42.5. The van der Waals surface area contributed by atoms with Gasteiger partial charge in [-0.15, -0.1) is 5.10 Å². The fraction of sp³-hybridized carbons (Fsp3) is 0.323. The van der Waals surface area contributed by atoms with E-state index in [1.165, 1.54) is 16.5 Å². The lowest BCUT2D eigenvalue weighted by atomic mass is 9.98. The first-order valence-corrected chi connectivity index (χ1v) is 13.6. The Morgan fingerprint density at radius 3 is 2.38 bits per heavy atom. The second-order valence-electron chi connectivity index (χ2n) is 10.1. The first-order valence-electron chi connectivity index (χ1n) is 13.6. The van der Waals surface area contributed by atoms with Gasteiger partial charge in [-0.05, 0) is 61.6 Å². The summed E-state index contributed by atoms with van der Waals surface area (Å²) in [6.45, 7) is 3.39. The molecule has 1 saturated carbocycles. The molecule has 1 unspecified atom stereocenters. The van der Waals surface area contributed by atoms with E-state index in [0.29, 0.717) is 27.8 Å². The average molecular weight is 524 g/mol. The van der Waals surface area contributed by atoms with Gasteiger partial charge in [-0.25, -0.2) is 4.68 Å². The molecule has 1 heterocycles. The van der Waals surface area contributed by atoms with Crippen molar-refractivity contribution in [3.63, 3.8) is 0 Å². The molecule has 1 aromatic heterocycles. The second kappa shape index (κ2) is 11.6. The monoisotopic (exact) mass is 523 g/mol. The smallest absolute Gasteiger partial charge is 0.249 e. The Hall–Kier alpha value is -4.33. The number of hydrogen-bond acceptors (Lipinski definition) is 5. The lowest BCUT2D eigenvalue weighted by molar-refractivity contribution is -0.127. The summed E-state index contributed by atoms with van der Waals surface area (Å²) in [5.41, 5.74) is 3.96. The van der Waals surface area contributed by atoms with Crippen molar-refractivity contribution >= 4 is 34.3 Å². The molecule has 1 N–H and O–H groups in total. The molecule has 5 rings (SSSR count). The normalized spacial score (nSPS) is 14.3. The van der Waals surface area contributed by atoms with E-state index in [-0.39, 0.29) is 30.2 Å². The summed E-state index contributed by atoms with van der Waals surface area (Å²) in [6, 6.07) is 21.2. The molecule has 1 atom stereocenters. The topological polar surface area (TPSA) is 97.2 Å². The lowest BCUT2D eigenvalue weighted by Gasteiger charge is -2.33. The van der Waals surface area contributed by atoms with Gasteiger partial charge in [0, 0.05) is 11.6 Å². The van der Waals surface area contributed by atoms with Crippen LogP contribution in [0.3, 0.4) is 0 Å². The maximum atomic E-state index is 14.3. The van der Waals surface area contributed by atoms with E-state index in [1.54, 1.807) is 24.3 Å². The minimum Gasteiger partial charge on any atom is -0.351 e.